The van der Waals surface area contributed by atoms with E-state index in [0.717, 1.165) is 5.69 Å². The molecule has 0 atom stereocenters. The van der Waals surface area contributed by atoms with Crippen molar-refractivity contribution in [2.75, 3.05) is 17.7 Å². The van der Waals surface area contributed by atoms with Crippen molar-refractivity contribution in [3.05, 3.63) is 35.7 Å². The fourth-order valence-electron chi connectivity index (χ4n) is 1.78. The molecule has 2 aromatic heterocycles. The zero-order valence-electron chi connectivity index (χ0n) is 12.1. The van der Waals surface area contributed by atoms with Gasteiger partial charge in [0.15, 0.2) is 5.82 Å². The van der Waals surface area contributed by atoms with Crippen molar-refractivity contribution >= 4 is 17.5 Å². The summed E-state index contributed by atoms with van der Waals surface area (Å²) in [5, 5.41) is 9.87. The molecular weight excluding hydrogens is 254 g/mol. The summed E-state index contributed by atoms with van der Waals surface area (Å²) in [6.45, 7) is 4.09. The summed E-state index contributed by atoms with van der Waals surface area (Å²) in [5.74, 6) is 1.28. The van der Waals surface area contributed by atoms with E-state index in [1.807, 2.05) is 19.9 Å². The van der Waals surface area contributed by atoms with Gasteiger partial charge in [-0.15, -0.1) is 0 Å². The summed E-state index contributed by atoms with van der Waals surface area (Å²) in [4.78, 5) is 16.7. The highest BCUT2D eigenvalue weighted by Gasteiger charge is 2.12. The minimum Gasteiger partial charge on any atom is -0.373 e. The molecule has 6 nitrogen and oxygen atoms in total. The Morgan fingerprint density at radius 3 is 2.60 bits per heavy atom. The van der Waals surface area contributed by atoms with E-state index in [2.05, 4.69) is 20.7 Å². The highest BCUT2D eigenvalue weighted by atomic mass is 16.1. The number of rotatable bonds is 4. The van der Waals surface area contributed by atoms with Gasteiger partial charge in [0, 0.05) is 37.6 Å². The Bertz CT molecular complexity index is 618. The van der Waals surface area contributed by atoms with Crippen molar-refractivity contribution in [1.29, 1.82) is 0 Å². The van der Waals surface area contributed by atoms with E-state index in [0.29, 0.717) is 17.2 Å². The number of anilines is 2. The van der Waals surface area contributed by atoms with E-state index >= 15 is 0 Å². The maximum atomic E-state index is 12.3. The lowest BCUT2D eigenvalue weighted by Gasteiger charge is -2.10. The lowest BCUT2D eigenvalue weighted by Crippen LogP contribution is -2.14. The number of carbonyl (C=O) groups excluding carboxylic acids is 1. The van der Waals surface area contributed by atoms with Gasteiger partial charge in [-0.3, -0.25) is 9.48 Å². The van der Waals surface area contributed by atoms with E-state index < -0.39 is 0 Å². The summed E-state index contributed by atoms with van der Waals surface area (Å²) in [6.07, 6.45) is 1.78. The Kier molecular flexibility index (Phi) is 4.02. The van der Waals surface area contributed by atoms with Crippen LogP contribution in [0.4, 0.5) is 11.6 Å². The van der Waals surface area contributed by atoms with Crippen molar-refractivity contribution in [2.24, 2.45) is 7.05 Å². The Morgan fingerprint density at radius 1 is 1.30 bits per heavy atom. The van der Waals surface area contributed by atoms with Crippen LogP contribution in [0.5, 0.6) is 0 Å². The van der Waals surface area contributed by atoms with Gasteiger partial charge in [0.1, 0.15) is 5.82 Å². The van der Waals surface area contributed by atoms with Gasteiger partial charge < -0.3 is 10.6 Å². The number of hydrogen-bond donors (Lipinski definition) is 2. The summed E-state index contributed by atoms with van der Waals surface area (Å²) in [6, 6.07) is 5.29. The molecule has 0 saturated heterocycles. The molecule has 2 rings (SSSR count). The van der Waals surface area contributed by atoms with Crippen LogP contribution >= 0.6 is 0 Å². The number of aryl methyl sites for hydroxylation is 1. The Labute approximate surface area is 118 Å². The van der Waals surface area contributed by atoms with Crippen LogP contribution in [-0.2, 0) is 7.05 Å². The summed E-state index contributed by atoms with van der Waals surface area (Å²) >= 11 is 0. The first-order valence-electron chi connectivity index (χ1n) is 6.50. The quantitative estimate of drug-likeness (QED) is 0.896. The Morgan fingerprint density at radius 2 is 2.05 bits per heavy atom. The average Bonchev–Trinajstić information content (AvgIpc) is 2.83. The lowest BCUT2D eigenvalue weighted by molar-refractivity contribution is 0.102. The maximum Gasteiger partial charge on any atom is 0.257 e. The molecule has 0 spiro atoms. The lowest BCUT2D eigenvalue weighted by atomic mass is 10.1. The predicted molar refractivity (Wildman–Crippen MR) is 79.0 cm³/mol. The first-order chi connectivity index (χ1) is 9.49. The topological polar surface area (TPSA) is 71.8 Å². The molecule has 0 radical (unpaired) electrons. The molecule has 0 unspecified atom stereocenters. The molecule has 1 amide bonds. The first kappa shape index (κ1) is 14.0. The number of aromatic nitrogens is 3. The van der Waals surface area contributed by atoms with E-state index in [4.69, 9.17) is 0 Å². The van der Waals surface area contributed by atoms with Gasteiger partial charge in [-0.05, 0) is 18.1 Å². The first-order valence-corrected chi connectivity index (χ1v) is 6.50. The molecule has 2 heterocycles. The SMILES string of the molecule is CNc1cc(C(=O)Nc2ccn(C)n2)cc(C(C)C)n1. The minimum absolute atomic E-state index is 0.190. The van der Waals surface area contributed by atoms with Crippen LogP contribution in [0, 0.1) is 0 Å². The van der Waals surface area contributed by atoms with Crippen LogP contribution in [0.25, 0.3) is 0 Å². The van der Waals surface area contributed by atoms with Gasteiger partial charge in [0.05, 0.1) is 0 Å². The largest absolute Gasteiger partial charge is 0.373 e. The van der Waals surface area contributed by atoms with Crippen molar-refractivity contribution < 1.29 is 4.79 Å². The third kappa shape index (κ3) is 3.14. The molecule has 106 valence electrons. The fourth-order valence-corrected chi connectivity index (χ4v) is 1.78. The molecule has 0 aromatic carbocycles. The zero-order chi connectivity index (χ0) is 14.7. The van der Waals surface area contributed by atoms with Gasteiger partial charge in [-0.2, -0.15) is 5.10 Å². The third-order valence-corrected chi connectivity index (χ3v) is 2.91. The molecule has 0 saturated carbocycles. The normalized spacial score (nSPS) is 10.7. The van der Waals surface area contributed by atoms with E-state index in [9.17, 15) is 4.79 Å². The second-order valence-electron chi connectivity index (χ2n) is 4.90. The van der Waals surface area contributed by atoms with E-state index in [-0.39, 0.29) is 11.8 Å². The molecule has 0 aliphatic carbocycles. The fraction of sp³-hybridized carbons (Fsp3) is 0.357. The number of nitrogens with one attached hydrogen (secondary N) is 2. The zero-order valence-corrected chi connectivity index (χ0v) is 12.1. The van der Waals surface area contributed by atoms with Gasteiger partial charge in [-0.1, -0.05) is 13.8 Å². The number of hydrogen-bond acceptors (Lipinski definition) is 4. The molecule has 0 fully saturated rings. The third-order valence-electron chi connectivity index (χ3n) is 2.91. The second kappa shape index (κ2) is 5.73. The monoisotopic (exact) mass is 273 g/mol. The molecule has 20 heavy (non-hydrogen) atoms. The molecule has 0 bridgehead atoms. The van der Waals surface area contributed by atoms with Crippen LogP contribution in [0.1, 0.15) is 35.8 Å². The van der Waals surface area contributed by atoms with Gasteiger partial charge >= 0.3 is 0 Å². The van der Waals surface area contributed by atoms with Crippen LogP contribution in [0.2, 0.25) is 0 Å². The smallest absolute Gasteiger partial charge is 0.257 e. The molecule has 2 N–H and O–H groups in total. The Hall–Kier alpha value is -2.37. The molecule has 2 aromatic rings. The van der Waals surface area contributed by atoms with Crippen molar-refractivity contribution in [3.63, 3.8) is 0 Å². The van der Waals surface area contributed by atoms with Crippen molar-refractivity contribution in [2.45, 2.75) is 19.8 Å². The second-order valence-corrected chi connectivity index (χ2v) is 4.90. The van der Waals surface area contributed by atoms with Crippen LogP contribution in [0.15, 0.2) is 24.4 Å². The Balaban J connectivity index is 2.26. The molecule has 6 heteroatoms. The highest BCUT2D eigenvalue weighted by Crippen LogP contribution is 2.18. The number of amides is 1. The molecular formula is C14H19N5O. The summed E-state index contributed by atoms with van der Waals surface area (Å²) in [7, 11) is 3.59. The van der Waals surface area contributed by atoms with Gasteiger partial charge in [-0.25, -0.2) is 4.98 Å². The average molecular weight is 273 g/mol. The van der Waals surface area contributed by atoms with Gasteiger partial charge in [0.25, 0.3) is 5.91 Å². The van der Waals surface area contributed by atoms with Crippen LogP contribution in [-0.4, -0.2) is 27.7 Å². The number of nitrogens with zero attached hydrogens (tertiary/aromatic N) is 3. The molecule has 0 aliphatic rings. The number of pyridine rings is 1. The number of carbonyl (C=O) groups is 1. The standard InChI is InChI=1S/C14H19N5O/c1-9(2)11-7-10(8-13(15-3)16-11)14(20)17-12-5-6-19(4)18-12/h5-9H,1-4H3,(H,15,16)(H,17,18,20). The summed E-state index contributed by atoms with van der Waals surface area (Å²) < 4.78 is 1.64. The van der Waals surface area contributed by atoms with Crippen molar-refractivity contribution in [3.8, 4) is 0 Å². The van der Waals surface area contributed by atoms with E-state index in [1.165, 1.54) is 0 Å². The molecule has 0 aliphatic heterocycles. The maximum absolute atomic E-state index is 12.3. The van der Waals surface area contributed by atoms with Crippen LogP contribution < -0.4 is 10.6 Å². The van der Waals surface area contributed by atoms with Crippen LogP contribution in [0.3, 0.4) is 0 Å². The van der Waals surface area contributed by atoms with Gasteiger partial charge in [0.2, 0.25) is 0 Å². The summed E-state index contributed by atoms with van der Waals surface area (Å²) in [5.41, 5.74) is 1.45. The van der Waals surface area contributed by atoms with E-state index in [1.54, 1.807) is 37.1 Å². The predicted octanol–water partition coefficient (Wildman–Crippen LogP) is 2.23. The minimum atomic E-state index is -0.190. The highest BCUT2D eigenvalue weighted by molar-refractivity contribution is 6.04. The van der Waals surface area contributed by atoms with Crippen molar-refractivity contribution in [1.82, 2.24) is 14.8 Å².